The third kappa shape index (κ3) is 4.72. The Balaban J connectivity index is 1.27. The molecule has 3 heterocycles. The number of nitrogens with one attached hydrogen (secondary N) is 1. The van der Waals surface area contributed by atoms with E-state index in [2.05, 4.69) is 48.4 Å². The first kappa shape index (κ1) is 23.6. The topological polar surface area (TPSA) is 88.1 Å². The summed E-state index contributed by atoms with van der Waals surface area (Å²) in [7, 11) is 0. The smallest absolute Gasteiger partial charge is 0.259 e. The number of piperidine rings is 1. The van der Waals surface area contributed by atoms with Gasteiger partial charge in [0.25, 0.3) is 5.91 Å². The van der Waals surface area contributed by atoms with Crippen LogP contribution in [0.4, 0.5) is 5.13 Å². The summed E-state index contributed by atoms with van der Waals surface area (Å²) < 4.78 is 0. The molecule has 1 saturated heterocycles. The molecule has 182 valence electrons. The number of benzene rings is 1. The number of pyridine rings is 1. The lowest BCUT2D eigenvalue weighted by Crippen LogP contribution is -2.43. The average Bonchev–Trinajstić information content (AvgIpc) is 3.29. The van der Waals surface area contributed by atoms with E-state index in [0.717, 1.165) is 35.7 Å². The molecule has 8 heteroatoms. The molecule has 1 N–H and O–H groups in total. The Hall–Kier alpha value is -3.13. The van der Waals surface area contributed by atoms with Crippen LogP contribution in [0.1, 0.15) is 83.3 Å². The predicted molar refractivity (Wildman–Crippen MR) is 137 cm³/mol. The zero-order valence-corrected chi connectivity index (χ0v) is 21.5. The molecule has 2 amide bonds. The number of carbonyl (C=O) groups is 2. The fourth-order valence-electron chi connectivity index (χ4n) is 4.89. The van der Waals surface area contributed by atoms with Gasteiger partial charge in [-0.15, -0.1) is 10.2 Å². The van der Waals surface area contributed by atoms with Crippen molar-refractivity contribution >= 4 is 28.3 Å². The van der Waals surface area contributed by atoms with Crippen LogP contribution in [0.2, 0.25) is 0 Å². The fourth-order valence-corrected chi connectivity index (χ4v) is 5.69. The summed E-state index contributed by atoms with van der Waals surface area (Å²) in [5.74, 6) is 0.135. The Labute approximate surface area is 210 Å². The standard InChI is InChI=1S/C27H31N5O2S/c1-16-9-10-20(23(33)29-26-31-30-25(35-26)27(2,3)4)22(28-16)17-11-13-32(14-12-17)24(34)21-15-18-7-5-6-8-19(18)21/h5-10,17,21H,11-15H2,1-4H3,(H,29,31,33). The zero-order valence-electron chi connectivity index (χ0n) is 20.7. The second-order valence-electron chi connectivity index (χ2n) is 10.6. The molecule has 2 aromatic heterocycles. The maximum absolute atomic E-state index is 13.2. The molecule has 1 atom stereocenters. The number of rotatable bonds is 4. The molecule has 5 rings (SSSR count). The summed E-state index contributed by atoms with van der Waals surface area (Å²) in [6.45, 7) is 9.53. The number of hydrogen-bond acceptors (Lipinski definition) is 6. The SMILES string of the molecule is Cc1ccc(C(=O)Nc2nnc(C(C)(C)C)s2)c(C2CCN(C(=O)C3Cc4ccccc43)CC2)n1. The molecule has 1 aliphatic carbocycles. The first-order valence-corrected chi connectivity index (χ1v) is 13.0. The van der Waals surface area contributed by atoms with Gasteiger partial charge in [0, 0.05) is 30.1 Å². The molecule has 1 unspecified atom stereocenters. The third-order valence-electron chi connectivity index (χ3n) is 6.94. The highest BCUT2D eigenvalue weighted by Crippen LogP contribution is 2.38. The zero-order chi connectivity index (χ0) is 24.7. The molecule has 0 radical (unpaired) electrons. The van der Waals surface area contributed by atoms with Gasteiger partial charge in [0.15, 0.2) is 0 Å². The number of hydrogen-bond donors (Lipinski definition) is 1. The van der Waals surface area contributed by atoms with Crippen molar-refractivity contribution < 1.29 is 9.59 Å². The van der Waals surface area contributed by atoms with Crippen LogP contribution in [0.25, 0.3) is 0 Å². The predicted octanol–water partition coefficient (Wildman–Crippen LogP) is 4.84. The van der Waals surface area contributed by atoms with Gasteiger partial charge in [-0.2, -0.15) is 0 Å². The second kappa shape index (κ2) is 9.15. The highest BCUT2D eigenvalue weighted by molar-refractivity contribution is 7.15. The van der Waals surface area contributed by atoms with Gasteiger partial charge in [0.05, 0.1) is 17.2 Å². The fraction of sp³-hybridized carbons (Fsp3) is 0.444. The molecule has 7 nitrogen and oxygen atoms in total. The number of aryl methyl sites for hydroxylation is 1. The number of carbonyl (C=O) groups excluding carboxylic acids is 2. The Morgan fingerprint density at radius 2 is 1.80 bits per heavy atom. The van der Waals surface area contributed by atoms with Crippen molar-refractivity contribution in [1.29, 1.82) is 0 Å². The summed E-state index contributed by atoms with van der Waals surface area (Å²) in [5.41, 5.74) is 4.59. The van der Waals surface area contributed by atoms with E-state index in [9.17, 15) is 9.59 Å². The average molecular weight is 490 g/mol. The molecular weight excluding hydrogens is 458 g/mol. The summed E-state index contributed by atoms with van der Waals surface area (Å²) >= 11 is 1.40. The molecular formula is C27H31N5O2S. The molecule has 0 saturated carbocycles. The van der Waals surface area contributed by atoms with Crippen molar-refractivity contribution in [2.24, 2.45) is 0 Å². The van der Waals surface area contributed by atoms with Crippen molar-refractivity contribution in [1.82, 2.24) is 20.1 Å². The van der Waals surface area contributed by atoms with Gasteiger partial charge >= 0.3 is 0 Å². The highest BCUT2D eigenvalue weighted by atomic mass is 32.1. The van der Waals surface area contributed by atoms with Crippen LogP contribution in [0, 0.1) is 6.92 Å². The van der Waals surface area contributed by atoms with Gasteiger partial charge < -0.3 is 4.90 Å². The number of likely N-dealkylation sites (tertiary alicyclic amines) is 1. The lowest BCUT2D eigenvalue weighted by molar-refractivity contribution is -0.134. The Morgan fingerprint density at radius 1 is 1.06 bits per heavy atom. The maximum Gasteiger partial charge on any atom is 0.259 e. The van der Waals surface area contributed by atoms with E-state index in [-0.39, 0.29) is 29.1 Å². The number of amides is 2. The van der Waals surface area contributed by atoms with Crippen LogP contribution in [-0.2, 0) is 16.6 Å². The molecule has 35 heavy (non-hydrogen) atoms. The third-order valence-corrected chi connectivity index (χ3v) is 8.21. The quantitative estimate of drug-likeness (QED) is 0.567. The van der Waals surface area contributed by atoms with Gasteiger partial charge in [0.1, 0.15) is 5.01 Å². The lowest BCUT2D eigenvalue weighted by Gasteiger charge is -2.38. The van der Waals surface area contributed by atoms with E-state index in [1.165, 1.54) is 22.5 Å². The van der Waals surface area contributed by atoms with E-state index in [1.54, 1.807) is 0 Å². The Bertz CT molecular complexity index is 1270. The summed E-state index contributed by atoms with van der Waals surface area (Å²) in [4.78, 5) is 33.1. The minimum atomic E-state index is -0.214. The summed E-state index contributed by atoms with van der Waals surface area (Å²) in [6.07, 6.45) is 2.43. The lowest BCUT2D eigenvalue weighted by atomic mass is 9.76. The van der Waals surface area contributed by atoms with E-state index < -0.39 is 0 Å². The van der Waals surface area contributed by atoms with Gasteiger partial charge in [-0.25, -0.2) is 0 Å². The van der Waals surface area contributed by atoms with E-state index in [0.29, 0.717) is 23.8 Å². The second-order valence-corrected chi connectivity index (χ2v) is 11.5. The van der Waals surface area contributed by atoms with E-state index >= 15 is 0 Å². The number of nitrogens with zero attached hydrogens (tertiary/aromatic N) is 4. The van der Waals surface area contributed by atoms with E-state index in [1.807, 2.05) is 36.1 Å². The monoisotopic (exact) mass is 489 g/mol. The van der Waals surface area contributed by atoms with Crippen molar-refractivity contribution in [2.75, 3.05) is 18.4 Å². The minimum absolute atomic E-state index is 0.00826. The number of fused-ring (bicyclic) bond motifs is 1. The largest absolute Gasteiger partial charge is 0.342 e. The van der Waals surface area contributed by atoms with Crippen LogP contribution in [-0.4, -0.2) is 45.0 Å². The number of aromatic nitrogens is 3. The van der Waals surface area contributed by atoms with Crippen molar-refractivity contribution in [3.63, 3.8) is 0 Å². The molecule has 1 aliphatic heterocycles. The summed E-state index contributed by atoms with van der Waals surface area (Å²) in [6, 6.07) is 11.9. The summed E-state index contributed by atoms with van der Waals surface area (Å²) in [5, 5.41) is 12.7. The van der Waals surface area contributed by atoms with Crippen molar-refractivity contribution in [2.45, 2.75) is 64.2 Å². The van der Waals surface area contributed by atoms with Crippen molar-refractivity contribution in [3.8, 4) is 0 Å². The van der Waals surface area contributed by atoms with Crippen LogP contribution < -0.4 is 5.32 Å². The maximum atomic E-state index is 13.2. The molecule has 0 spiro atoms. The minimum Gasteiger partial charge on any atom is -0.342 e. The van der Waals surface area contributed by atoms with Crippen LogP contribution in [0.15, 0.2) is 36.4 Å². The Kier molecular flexibility index (Phi) is 6.17. The van der Waals surface area contributed by atoms with Gasteiger partial charge in [-0.1, -0.05) is 56.4 Å². The van der Waals surface area contributed by atoms with Crippen LogP contribution in [0.5, 0.6) is 0 Å². The normalized spacial score (nSPS) is 18.1. The van der Waals surface area contributed by atoms with Crippen molar-refractivity contribution in [3.05, 3.63) is 69.5 Å². The van der Waals surface area contributed by atoms with Crippen LogP contribution >= 0.6 is 11.3 Å². The van der Waals surface area contributed by atoms with Crippen LogP contribution in [0.3, 0.4) is 0 Å². The van der Waals surface area contributed by atoms with Gasteiger partial charge in [-0.3, -0.25) is 19.9 Å². The number of anilines is 1. The molecule has 3 aromatic rings. The first-order chi connectivity index (χ1) is 16.7. The van der Waals surface area contributed by atoms with E-state index in [4.69, 9.17) is 4.98 Å². The molecule has 1 fully saturated rings. The molecule has 2 aliphatic rings. The molecule has 1 aromatic carbocycles. The van der Waals surface area contributed by atoms with Gasteiger partial charge in [-0.05, 0) is 49.4 Å². The molecule has 0 bridgehead atoms. The van der Waals surface area contributed by atoms with Gasteiger partial charge in [0.2, 0.25) is 11.0 Å². The highest BCUT2D eigenvalue weighted by Gasteiger charge is 2.36. The Morgan fingerprint density at radius 3 is 2.49 bits per heavy atom. The first-order valence-electron chi connectivity index (χ1n) is 12.2.